The Morgan fingerprint density at radius 1 is 1.27 bits per heavy atom. The predicted molar refractivity (Wildman–Crippen MR) is 135 cm³/mol. The molecule has 0 saturated heterocycles. The number of ether oxygens (including phenoxy) is 1. The second-order valence-electron chi connectivity index (χ2n) is 8.23. The van der Waals surface area contributed by atoms with Gasteiger partial charge in [-0.15, -0.1) is 0 Å². The average molecular weight is 582 g/mol. The predicted octanol–water partition coefficient (Wildman–Crippen LogP) is 6.12. The minimum Gasteiger partial charge on any atom is -0.490 e. The van der Waals surface area contributed by atoms with Crippen molar-refractivity contribution in [2.75, 3.05) is 0 Å². The topological polar surface area (TPSA) is 56.5 Å². The fraction of sp³-hybridized carbons (Fsp3) is 0.348. The number of nitrogens with zero attached hydrogens (tertiary/aromatic N) is 3. The molecule has 2 aromatic carbocycles. The first-order valence-corrected chi connectivity index (χ1v) is 11.7. The molecule has 1 atom stereocenters. The minimum absolute atomic E-state index is 0.161. The Hall–Kier alpha value is -1.74. The highest BCUT2D eigenvalue weighted by molar-refractivity contribution is 14.1. The molecule has 0 N–H and O–H groups in total. The van der Waals surface area contributed by atoms with Gasteiger partial charge in [-0.2, -0.15) is 9.78 Å². The Bertz CT molecular complexity index is 1170. The Labute approximate surface area is 198 Å². The summed E-state index contributed by atoms with van der Waals surface area (Å²) in [7, 11) is 0. The van der Waals surface area contributed by atoms with E-state index in [1.54, 1.807) is 12.3 Å². The van der Waals surface area contributed by atoms with Gasteiger partial charge >= 0.3 is 0 Å². The molecule has 30 heavy (non-hydrogen) atoms. The van der Waals surface area contributed by atoms with Crippen LogP contribution in [-0.2, 0) is 5.41 Å². The molecular weight excluding hydrogens is 557 g/mol. The maximum absolute atomic E-state index is 13.2. The van der Waals surface area contributed by atoms with Crippen LogP contribution in [0.4, 0.5) is 0 Å². The van der Waals surface area contributed by atoms with Crippen molar-refractivity contribution in [3.05, 3.63) is 66.2 Å². The van der Waals surface area contributed by atoms with Crippen molar-refractivity contribution in [3.63, 3.8) is 0 Å². The molecule has 1 heterocycles. The summed E-state index contributed by atoms with van der Waals surface area (Å²) in [6.07, 6.45) is 2.80. The quantitative estimate of drug-likeness (QED) is 0.269. The van der Waals surface area contributed by atoms with Crippen molar-refractivity contribution in [2.45, 2.75) is 52.6 Å². The second-order valence-corrected chi connectivity index (χ2v) is 10.3. The summed E-state index contributed by atoms with van der Waals surface area (Å²) in [6.45, 7) is 10.2. The number of fused-ring (bicyclic) bond motifs is 1. The lowest BCUT2D eigenvalue weighted by atomic mass is 9.95. The van der Waals surface area contributed by atoms with E-state index < -0.39 is 0 Å². The lowest BCUT2D eigenvalue weighted by Gasteiger charge is -2.20. The van der Waals surface area contributed by atoms with E-state index in [9.17, 15) is 4.79 Å². The first kappa shape index (κ1) is 22.9. The van der Waals surface area contributed by atoms with Gasteiger partial charge < -0.3 is 4.74 Å². The van der Waals surface area contributed by atoms with Gasteiger partial charge in [0.05, 0.1) is 26.8 Å². The van der Waals surface area contributed by atoms with Crippen LogP contribution in [0.25, 0.3) is 10.9 Å². The second kappa shape index (κ2) is 9.18. The number of aromatic nitrogens is 2. The van der Waals surface area contributed by atoms with Gasteiger partial charge in [0.25, 0.3) is 5.56 Å². The van der Waals surface area contributed by atoms with Crippen LogP contribution in [-0.4, -0.2) is 22.0 Å². The molecule has 0 amide bonds. The molecule has 0 spiro atoms. The number of benzene rings is 2. The van der Waals surface area contributed by atoms with Gasteiger partial charge in [-0.3, -0.25) is 4.79 Å². The standard InChI is InChI=1S/C23H25BrIN3O2/c1-6-14(2)30-20-10-7-15(11-18(20)25)13-26-28-21(29)17-12-16(24)8-9-19(17)27-22(28)23(3,4)5/h7-14H,6H2,1-5H3/t14-/m1/s1. The van der Waals surface area contributed by atoms with Crippen LogP contribution < -0.4 is 10.3 Å². The lowest BCUT2D eigenvalue weighted by molar-refractivity contribution is 0.216. The zero-order valence-corrected chi connectivity index (χ0v) is 21.5. The molecule has 5 nitrogen and oxygen atoms in total. The van der Waals surface area contributed by atoms with Crippen LogP contribution in [0.5, 0.6) is 5.75 Å². The van der Waals surface area contributed by atoms with Crippen LogP contribution in [0.3, 0.4) is 0 Å². The van der Waals surface area contributed by atoms with Gasteiger partial charge in [0, 0.05) is 9.89 Å². The summed E-state index contributed by atoms with van der Waals surface area (Å²) in [6, 6.07) is 11.4. The van der Waals surface area contributed by atoms with E-state index in [0.717, 1.165) is 25.8 Å². The zero-order chi connectivity index (χ0) is 22.1. The van der Waals surface area contributed by atoms with Gasteiger partial charge in [-0.05, 0) is 77.9 Å². The van der Waals surface area contributed by atoms with Crippen molar-refractivity contribution in [2.24, 2.45) is 5.10 Å². The van der Waals surface area contributed by atoms with E-state index in [2.05, 4.69) is 57.5 Å². The van der Waals surface area contributed by atoms with Gasteiger partial charge in [-0.1, -0.05) is 43.6 Å². The van der Waals surface area contributed by atoms with E-state index in [1.165, 1.54) is 4.68 Å². The summed E-state index contributed by atoms with van der Waals surface area (Å²) in [4.78, 5) is 18.0. The van der Waals surface area contributed by atoms with Gasteiger partial charge in [0.15, 0.2) is 0 Å². The monoisotopic (exact) mass is 581 g/mol. The van der Waals surface area contributed by atoms with Crippen molar-refractivity contribution in [1.82, 2.24) is 9.66 Å². The van der Waals surface area contributed by atoms with Crippen LogP contribution in [0.15, 0.2) is 50.8 Å². The Morgan fingerprint density at radius 2 is 2.00 bits per heavy atom. The molecule has 0 radical (unpaired) electrons. The maximum atomic E-state index is 13.2. The summed E-state index contributed by atoms with van der Waals surface area (Å²) in [5.41, 5.74) is 1.02. The fourth-order valence-electron chi connectivity index (χ4n) is 2.86. The van der Waals surface area contributed by atoms with Crippen LogP contribution >= 0.6 is 38.5 Å². The highest BCUT2D eigenvalue weighted by Crippen LogP contribution is 2.25. The van der Waals surface area contributed by atoms with Crippen LogP contribution in [0.2, 0.25) is 0 Å². The highest BCUT2D eigenvalue weighted by Gasteiger charge is 2.22. The van der Waals surface area contributed by atoms with Crippen molar-refractivity contribution in [3.8, 4) is 5.75 Å². The molecule has 0 aliphatic carbocycles. The van der Waals surface area contributed by atoms with Crippen molar-refractivity contribution >= 4 is 55.6 Å². The van der Waals surface area contributed by atoms with E-state index in [0.29, 0.717) is 16.7 Å². The molecule has 0 fully saturated rings. The molecule has 0 saturated carbocycles. The third-order valence-corrected chi connectivity index (χ3v) is 6.00. The summed E-state index contributed by atoms with van der Waals surface area (Å²) < 4.78 is 9.17. The van der Waals surface area contributed by atoms with Crippen LogP contribution in [0, 0.1) is 3.57 Å². The molecule has 3 rings (SSSR count). The largest absolute Gasteiger partial charge is 0.490 e. The number of halogens is 2. The van der Waals surface area contributed by atoms with Crippen molar-refractivity contribution < 1.29 is 4.74 Å². The first-order valence-electron chi connectivity index (χ1n) is 9.83. The highest BCUT2D eigenvalue weighted by atomic mass is 127. The average Bonchev–Trinajstić information content (AvgIpc) is 2.68. The van der Waals surface area contributed by atoms with Gasteiger partial charge in [-0.25, -0.2) is 4.98 Å². The van der Waals surface area contributed by atoms with Gasteiger partial charge in [0.2, 0.25) is 0 Å². The van der Waals surface area contributed by atoms with Crippen molar-refractivity contribution in [1.29, 1.82) is 0 Å². The molecule has 3 aromatic rings. The molecule has 7 heteroatoms. The molecule has 158 valence electrons. The van der Waals surface area contributed by atoms with Gasteiger partial charge in [0.1, 0.15) is 11.6 Å². The first-order chi connectivity index (χ1) is 14.1. The normalized spacial score (nSPS) is 13.2. The molecular formula is C23H25BrIN3O2. The van der Waals surface area contributed by atoms with E-state index in [1.807, 2.05) is 51.1 Å². The lowest BCUT2D eigenvalue weighted by Crippen LogP contribution is -2.29. The summed E-state index contributed by atoms with van der Waals surface area (Å²) in [5, 5.41) is 5.06. The molecule has 1 aromatic heterocycles. The minimum atomic E-state index is -0.347. The zero-order valence-electron chi connectivity index (χ0n) is 17.7. The Kier molecular flexibility index (Phi) is 7.02. The Balaban J connectivity index is 2.06. The van der Waals surface area contributed by atoms with E-state index in [4.69, 9.17) is 9.72 Å². The van der Waals surface area contributed by atoms with E-state index in [-0.39, 0.29) is 17.1 Å². The molecule has 0 aliphatic heterocycles. The summed E-state index contributed by atoms with van der Waals surface area (Å²) in [5.74, 6) is 1.47. The molecule has 0 aliphatic rings. The maximum Gasteiger partial charge on any atom is 0.282 e. The smallest absolute Gasteiger partial charge is 0.282 e. The number of hydrogen-bond donors (Lipinski definition) is 0. The number of rotatable bonds is 5. The summed E-state index contributed by atoms with van der Waals surface area (Å²) >= 11 is 5.69. The molecule has 0 bridgehead atoms. The molecule has 0 unspecified atom stereocenters. The third-order valence-electron chi connectivity index (χ3n) is 4.66. The third kappa shape index (κ3) is 5.11. The Morgan fingerprint density at radius 3 is 2.63 bits per heavy atom. The van der Waals surface area contributed by atoms with E-state index >= 15 is 0 Å². The van der Waals surface area contributed by atoms with Crippen LogP contribution in [0.1, 0.15) is 52.4 Å². The SMILES string of the molecule is CC[C@@H](C)Oc1ccc(C=Nn2c(C(C)(C)C)nc3ccc(Br)cc3c2=O)cc1I. The number of hydrogen-bond acceptors (Lipinski definition) is 4. The fourth-order valence-corrected chi connectivity index (χ4v) is 3.89.